The fourth-order valence-electron chi connectivity index (χ4n) is 3.32. The molecule has 0 heterocycles. The van der Waals surface area contributed by atoms with Gasteiger partial charge in [-0.2, -0.15) is 0 Å². The third kappa shape index (κ3) is 6.65. The molecule has 0 saturated carbocycles. The van der Waals surface area contributed by atoms with Gasteiger partial charge in [0, 0.05) is 11.6 Å². The number of carbonyl (C=O) groups is 1. The lowest BCUT2D eigenvalue weighted by Gasteiger charge is -2.24. The second-order valence-electron chi connectivity index (χ2n) is 7.72. The van der Waals surface area contributed by atoms with Crippen molar-refractivity contribution in [3.05, 3.63) is 87.9 Å². The number of anilines is 1. The maximum atomic E-state index is 13.4. The van der Waals surface area contributed by atoms with E-state index >= 15 is 0 Å². The van der Waals surface area contributed by atoms with Crippen molar-refractivity contribution in [1.82, 2.24) is 5.32 Å². The van der Waals surface area contributed by atoms with Gasteiger partial charge in [-0.1, -0.05) is 53.0 Å². The zero-order valence-corrected chi connectivity index (χ0v) is 21.3. The van der Waals surface area contributed by atoms with Gasteiger partial charge in [-0.05, 0) is 67.8 Å². The first-order valence-corrected chi connectivity index (χ1v) is 12.8. The van der Waals surface area contributed by atoms with Gasteiger partial charge in [0.25, 0.3) is 10.0 Å². The zero-order chi connectivity index (χ0) is 24.7. The van der Waals surface area contributed by atoms with Crippen LogP contribution in [0.25, 0.3) is 0 Å². The largest absolute Gasteiger partial charge is 0.495 e. The van der Waals surface area contributed by atoms with Gasteiger partial charge in [0.15, 0.2) is 0 Å². The second-order valence-corrected chi connectivity index (χ2v) is 10.4. The zero-order valence-electron chi connectivity index (χ0n) is 18.9. The number of sulfonamides is 1. The van der Waals surface area contributed by atoms with Crippen LogP contribution in [0.15, 0.2) is 71.6 Å². The summed E-state index contributed by atoms with van der Waals surface area (Å²) >= 11 is 12.1. The first kappa shape index (κ1) is 25.9. The molecule has 0 saturated heterocycles. The molecule has 0 aliphatic rings. The summed E-state index contributed by atoms with van der Waals surface area (Å²) < 4.78 is 33.1. The summed E-state index contributed by atoms with van der Waals surface area (Å²) in [5.74, 6) is -0.0107. The Morgan fingerprint density at radius 1 is 1.00 bits per heavy atom. The summed E-state index contributed by atoms with van der Waals surface area (Å²) in [7, 11) is -2.55. The van der Waals surface area contributed by atoms with Gasteiger partial charge in [0.05, 0.1) is 22.7 Å². The predicted molar refractivity (Wildman–Crippen MR) is 136 cm³/mol. The molecule has 0 aliphatic carbocycles. The average Bonchev–Trinajstić information content (AvgIpc) is 2.81. The highest BCUT2D eigenvalue weighted by Gasteiger charge is 2.27. The molecule has 0 radical (unpaired) electrons. The lowest BCUT2D eigenvalue weighted by molar-refractivity contribution is -0.119. The molecule has 1 amide bonds. The van der Waals surface area contributed by atoms with Crippen molar-refractivity contribution >= 4 is 44.8 Å². The van der Waals surface area contributed by atoms with Gasteiger partial charge in [0.1, 0.15) is 12.3 Å². The Morgan fingerprint density at radius 3 is 2.29 bits per heavy atom. The molecular weight excluding hydrogens is 495 g/mol. The molecule has 34 heavy (non-hydrogen) atoms. The van der Waals surface area contributed by atoms with Crippen LogP contribution in [0.2, 0.25) is 10.0 Å². The Labute approximate surface area is 210 Å². The molecule has 0 aliphatic heterocycles. The van der Waals surface area contributed by atoms with Gasteiger partial charge in [0.2, 0.25) is 5.91 Å². The molecule has 0 spiro atoms. The number of ether oxygens (including phenoxy) is 1. The molecule has 0 fully saturated rings. The highest BCUT2D eigenvalue weighted by Crippen LogP contribution is 2.32. The standard InChI is InChI=1S/C25H26Cl2N2O4S/c1-18-5-12-22(13-6-18)34(31,32)29(21-11-14-24(33-2)23(27)16-21)17-25(30)28-15-3-4-19-7-9-20(26)10-8-19/h5-14,16H,3-4,15,17H2,1-2H3,(H,28,30). The maximum absolute atomic E-state index is 13.4. The third-order valence-electron chi connectivity index (χ3n) is 5.20. The topological polar surface area (TPSA) is 75.7 Å². The Bertz CT molecular complexity index is 1230. The van der Waals surface area contributed by atoms with Crippen LogP contribution in [-0.4, -0.2) is 34.5 Å². The van der Waals surface area contributed by atoms with Crippen molar-refractivity contribution in [2.24, 2.45) is 0 Å². The summed E-state index contributed by atoms with van der Waals surface area (Å²) in [6, 6.07) is 18.6. The number of nitrogens with zero attached hydrogens (tertiary/aromatic N) is 1. The van der Waals surface area contributed by atoms with Crippen LogP contribution in [0.3, 0.4) is 0 Å². The number of aryl methyl sites for hydroxylation is 2. The van der Waals surface area contributed by atoms with Crippen LogP contribution >= 0.6 is 23.2 Å². The van der Waals surface area contributed by atoms with Gasteiger partial charge in [-0.3, -0.25) is 9.10 Å². The van der Waals surface area contributed by atoms with Crippen LogP contribution in [0.5, 0.6) is 5.75 Å². The van der Waals surface area contributed by atoms with E-state index in [1.54, 1.807) is 24.3 Å². The van der Waals surface area contributed by atoms with Crippen LogP contribution < -0.4 is 14.4 Å². The third-order valence-corrected chi connectivity index (χ3v) is 7.53. The second kappa shape index (κ2) is 11.6. The van der Waals surface area contributed by atoms with Gasteiger partial charge in [-0.15, -0.1) is 0 Å². The number of hydrogen-bond donors (Lipinski definition) is 1. The summed E-state index contributed by atoms with van der Waals surface area (Å²) in [6.07, 6.45) is 1.46. The van der Waals surface area contributed by atoms with E-state index < -0.39 is 15.9 Å². The Morgan fingerprint density at radius 2 is 1.68 bits per heavy atom. The normalized spacial score (nSPS) is 11.2. The van der Waals surface area contributed by atoms with E-state index in [0.717, 1.165) is 21.9 Å². The molecule has 3 rings (SSSR count). The molecule has 1 N–H and O–H groups in total. The first-order valence-electron chi connectivity index (χ1n) is 10.6. The molecule has 180 valence electrons. The lowest BCUT2D eigenvalue weighted by Crippen LogP contribution is -2.41. The minimum absolute atomic E-state index is 0.0839. The van der Waals surface area contributed by atoms with Crippen molar-refractivity contribution < 1.29 is 17.9 Å². The van der Waals surface area contributed by atoms with Crippen molar-refractivity contribution in [3.63, 3.8) is 0 Å². The summed E-state index contributed by atoms with van der Waals surface area (Å²) in [4.78, 5) is 12.8. The minimum Gasteiger partial charge on any atom is -0.495 e. The summed E-state index contributed by atoms with van der Waals surface area (Å²) in [5.41, 5.74) is 2.30. The highest BCUT2D eigenvalue weighted by molar-refractivity contribution is 7.92. The van der Waals surface area contributed by atoms with Crippen molar-refractivity contribution in [2.75, 3.05) is 24.5 Å². The quantitative estimate of drug-likeness (QED) is 0.370. The highest BCUT2D eigenvalue weighted by atomic mass is 35.5. The SMILES string of the molecule is COc1ccc(N(CC(=O)NCCCc2ccc(Cl)cc2)S(=O)(=O)c2ccc(C)cc2)cc1Cl. The number of rotatable bonds is 10. The number of methoxy groups -OCH3 is 1. The average molecular weight is 521 g/mol. The minimum atomic E-state index is -4.02. The molecule has 3 aromatic carbocycles. The monoisotopic (exact) mass is 520 g/mol. The predicted octanol–water partition coefficient (Wildman–Crippen LogP) is 5.25. The first-order chi connectivity index (χ1) is 16.2. The Kier molecular flexibility index (Phi) is 8.83. The van der Waals surface area contributed by atoms with Crippen LogP contribution in [-0.2, 0) is 21.2 Å². The molecule has 0 aromatic heterocycles. The molecule has 3 aromatic rings. The molecular formula is C25H26Cl2N2O4S. The van der Waals surface area contributed by atoms with Crippen LogP contribution in [0.4, 0.5) is 5.69 Å². The smallest absolute Gasteiger partial charge is 0.264 e. The Balaban J connectivity index is 1.75. The van der Waals surface area contributed by atoms with E-state index in [9.17, 15) is 13.2 Å². The van der Waals surface area contributed by atoms with Crippen molar-refractivity contribution in [2.45, 2.75) is 24.7 Å². The van der Waals surface area contributed by atoms with Gasteiger partial charge in [-0.25, -0.2) is 8.42 Å². The van der Waals surface area contributed by atoms with Crippen LogP contribution in [0, 0.1) is 6.92 Å². The summed E-state index contributed by atoms with van der Waals surface area (Å²) in [5, 5.41) is 3.72. The van der Waals surface area contributed by atoms with Crippen molar-refractivity contribution in [3.8, 4) is 5.75 Å². The number of benzene rings is 3. The van der Waals surface area contributed by atoms with Crippen molar-refractivity contribution in [1.29, 1.82) is 0 Å². The molecule has 0 atom stereocenters. The van der Waals surface area contributed by atoms with E-state index in [1.165, 1.54) is 25.3 Å². The molecule has 9 heteroatoms. The van der Waals surface area contributed by atoms with E-state index in [4.69, 9.17) is 27.9 Å². The Hall–Kier alpha value is -2.74. The van der Waals surface area contributed by atoms with E-state index in [2.05, 4.69) is 5.32 Å². The number of nitrogens with one attached hydrogen (secondary N) is 1. The van der Waals surface area contributed by atoms with Gasteiger partial charge >= 0.3 is 0 Å². The van der Waals surface area contributed by atoms with Gasteiger partial charge < -0.3 is 10.1 Å². The lowest BCUT2D eigenvalue weighted by atomic mass is 10.1. The number of amides is 1. The fraction of sp³-hybridized carbons (Fsp3) is 0.240. The molecule has 6 nitrogen and oxygen atoms in total. The molecule has 0 unspecified atom stereocenters. The summed E-state index contributed by atoms with van der Waals surface area (Å²) in [6.45, 7) is 1.89. The number of halogens is 2. The van der Waals surface area contributed by atoms with E-state index in [0.29, 0.717) is 23.7 Å². The maximum Gasteiger partial charge on any atom is 0.264 e. The number of hydrogen-bond acceptors (Lipinski definition) is 4. The molecule has 0 bridgehead atoms. The van der Waals surface area contributed by atoms with E-state index in [-0.39, 0.29) is 22.2 Å². The van der Waals surface area contributed by atoms with E-state index in [1.807, 2.05) is 31.2 Å². The van der Waals surface area contributed by atoms with Crippen LogP contribution in [0.1, 0.15) is 17.5 Å². The number of carbonyl (C=O) groups excluding carboxylic acids is 1. The fourth-order valence-corrected chi connectivity index (χ4v) is 5.11.